The van der Waals surface area contributed by atoms with Crippen molar-refractivity contribution in [1.29, 1.82) is 0 Å². The van der Waals surface area contributed by atoms with E-state index >= 15 is 0 Å². The van der Waals surface area contributed by atoms with Crippen LogP contribution in [0.1, 0.15) is 11.3 Å². The van der Waals surface area contributed by atoms with Crippen LogP contribution < -0.4 is 0 Å². The summed E-state index contributed by atoms with van der Waals surface area (Å²) in [7, 11) is 0. The molecular formula is C10H7N5. The van der Waals surface area contributed by atoms with Crippen LogP contribution in [-0.2, 0) is 0 Å². The quantitative estimate of drug-likeness (QED) is 0.637. The van der Waals surface area contributed by atoms with E-state index in [4.69, 9.17) is 0 Å². The number of nitrogens with zero attached hydrogens (tertiary/aromatic N) is 5. The highest BCUT2D eigenvalue weighted by atomic mass is 15.4. The number of rotatable bonds is 0. The maximum Gasteiger partial charge on any atom is 0.176 e. The van der Waals surface area contributed by atoms with E-state index in [0.29, 0.717) is 0 Å². The molecule has 0 fully saturated rings. The summed E-state index contributed by atoms with van der Waals surface area (Å²) in [6.07, 6.45) is 12.6. The van der Waals surface area contributed by atoms with Gasteiger partial charge in [0.05, 0.1) is 11.9 Å². The molecule has 0 saturated carbocycles. The van der Waals surface area contributed by atoms with Crippen molar-refractivity contribution in [2.24, 2.45) is 4.99 Å². The summed E-state index contributed by atoms with van der Waals surface area (Å²) in [5.74, 6) is 0. The lowest BCUT2D eigenvalue weighted by Gasteiger charge is -2.01. The Kier molecular flexibility index (Phi) is 1.68. The summed E-state index contributed by atoms with van der Waals surface area (Å²) >= 11 is 0. The molecule has 0 unspecified atom stereocenters. The highest BCUT2D eigenvalue weighted by Gasteiger charge is 2.03. The van der Waals surface area contributed by atoms with Gasteiger partial charge >= 0.3 is 0 Å². The van der Waals surface area contributed by atoms with Crippen LogP contribution in [0.25, 0.3) is 17.8 Å². The second kappa shape index (κ2) is 3.13. The summed E-state index contributed by atoms with van der Waals surface area (Å²) in [5, 5.41) is 7.68. The van der Waals surface area contributed by atoms with Crippen molar-refractivity contribution in [3.63, 3.8) is 0 Å². The van der Waals surface area contributed by atoms with Gasteiger partial charge in [-0.25, -0.2) is 9.50 Å². The maximum atomic E-state index is 4.40. The molecular weight excluding hydrogens is 190 g/mol. The van der Waals surface area contributed by atoms with Crippen LogP contribution in [0.15, 0.2) is 29.7 Å². The summed E-state index contributed by atoms with van der Waals surface area (Å²) in [4.78, 5) is 8.43. The Labute approximate surface area is 85.5 Å². The van der Waals surface area contributed by atoms with Gasteiger partial charge in [0.15, 0.2) is 5.65 Å². The molecule has 1 aliphatic heterocycles. The first-order valence-corrected chi connectivity index (χ1v) is 4.51. The van der Waals surface area contributed by atoms with Crippen molar-refractivity contribution in [2.45, 2.75) is 0 Å². The molecule has 3 heterocycles. The first kappa shape index (κ1) is 8.05. The average Bonchev–Trinajstić information content (AvgIpc) is 2.64. The Balaban J connectivity index is 2.31. The predicted molar refractivity (Wildman–Crippen MR) is 57.3 cm³/mol. The average molecular weight is 197 g/mol. The first-order chi connectivity index (χ1) is 7.43. The van der Waals surface area contributed by atoms with E-state index in [2.05, 4.69) is 20.3 Å². The normalized spacial score (nSPS) is 20.3. The highest BCUT2D eigenvalue weighted by Crippen LogP contribution is 2.12. The molecule has 5 nitrogen and oxygen atoms in total. The van der Waals surface area contributed by atoms with Gasteiger partial charge in [0.1, 0.15) is 0 Å². The maximum absolute atomic E-state index is 4.40. The third-order valence-electron chi connectivity index (χ3n) is 2.11. The van der Waals surface area contributed by atoms with Gasteiger partial charge in [0.25, 0.3) is 0 Å². The van der Waals surface area contributed by atoms with Crippen molar-refractivity contribution >= 4 is 24.0 Å². The van der Waals surface area contributed by atoms with Crippen LogP contribution in [0.3, 0.4) is 0 Å². The summed E-state index contributed by atoms with van der Waals surface area (Å²) in [6, 6.07) is 0. The fraction of sp³-hybridized carbons (Fsp3) is 0. The van der Waals surface area contributed by atoms with Crippen molar-refractivity contribution in [2.75, 3.05) is 0 Å². The minimum Gasteiger partial charge on any atom is -0.265 e. The zero-order valence-corrected chi connectivity index (χ0v) is 7.78. The third-order valence-corrected chi connectivity index (χ3v) is 2.11. The van der Waals surface area contributed by atoms with E-state index in [1.54, 1.807) is 23.1 Å². The molecule has 0 amide bonds. The number of aromatic nitrogens is 4. The Morgan fingerprint density at radius 2 is 2.20 bits per heavy atom. The van der Waals surface area contributed by atoms with Gasteiger partial charge in [-0.3, -0.25) is 4.99 Å². The number of hydrogen-bond donors (Lipinski definition) is 0. The van der Waals surface area contributed by atoms with Gasteiger partial charge in [-0.1, -0.05) is 5.21 Å². The molecule has 0 aliphatic carbocycles. The van der Waals surface area contributed by atoms with E-state index in [0.717, 1.165) is 16.9 Å². The molecule has 15 heavy (non-hydrogen) atoms. The lowest BCUT2D eigenvalue weighted by Crippen LogP contribution is -1.96. The molecule has 0 bridgehead atoms. The first-order valence-electron chi connectivity index (χ1n) is 4.51. The van der Waals surface area contributed by atoms with E-state index in [9.17, 15) is 0 Å². The fourth-order valence-electron chi connectivity index (χ4n) is 1.42. The number of hydrogen-bond acceptors (Lipinski definition) is 4. The van der Waals surface area contributed by atoms with Gasteiger partial charge in [-0.2, -0.15) is 0 Å². The van der Waals surface area contributed by atoms with Crippen LogP contribution in [0, 0.1) is 0 Å². The molecule has 5 heteroatoms. The summed E-state index contributed by atoms with van der Waals surface area (Å²) < 4.78 is 1.65. The van der Waals surface area contributed by atoms with Crippen LogP contribution >= 0.6 is 0 Å². The zero-order valence-electron chi connectivity index (χ0n) is 7.78. The smallest absolute Gasteiger partial charge is 0.176 e. The molecule has 0 atom stereocenters. The summed E-state index contributed by atoms with van der Waals surface area (Å²) in [6.45, 7) is 0. The van der Waals surface area contributed by atoms with Gasteiger partial charge in [-0.15, -0.1) is 5.10 Å². The zero-order chi connectivity index (χ0) is 10.1. The number of allylic oxidation sites excluding steroid dienone is 1. The minimum absolute atomic E-state index is 0.733. The summed E-state index contributed by atoms with van der Waals surface area (Å²) in [5.41, 5.74) is 2.60. The van der Waals surface area contributed by atoms with Gasteiger partial charge in [0, 0.05) is 24.2 Å². The van der Waals surface area contributed by atoms with Crippen molar-refractivity contribution in [1.82, 2.24) is 19.8 Å². The third kappa shape index (κ3) is 1.34. The Bertz CT molecular complexity index is 541. The van der Waals surface area contributed by atoms with Crippen LogP contribution in [-0.4, -0.2) is 26.0 Å². The Hall–Kier alpha value is -2.30. The van der Waals surface area contributed by atoms with Crippen LogP contribution in [0.4, 0.5) is 0 Å². The molecule has 0 radical (unpaired) electrons. The number of fused-ring (bicyclic) bond motifs is 2. The van der Waals surface area contributed by atoms with Crippen molar-refractivity contribution in [3.05, 3.63) is 35.9 Å². The van der Waals surface area contributed by atoms with Crippen molar-refractivity contribution < 1.29 is 0 Å². The second-order valence-corrected chi connectivity index (χ2v) is 3.09. The second-order valence-electron chi connectivity index (χ2n) is 3.09. The molecule has 0 saturated heterocycles. The monoisotopic (exact) mass is 197 g/mol. The fourth-order valence-corrected chi connectivity index (χ4v) is 1.42. The molecule has 2 aromatic rings. The molecule has 2 aromatic heterocycles. The van der Waals surface area contributed by atoms with E-state index in [-0.39, 0.29) is 0 Å². The highest BCUT2D eigenvalue weighted by molar-refractivity contribution is 5.81. The standard InChI is InChI=1S/C10H7N5/c1-2-8-7-15-10(6-12-14-15)13-9(8)3-5-11-4-1/h1-7H/b2-1-,5-3-,11-4-. The lowest BCUT2D eigenvalue weighted by atomic mass is 10.2. The van der Waals surface area contributed by atoms with Crippen LogP contribution in [0.5, 0.6) is 0 Å². The Morgan fingerprint density at radius 1 is 1.20 bits per heavy atom. The van der Waals surface area contributed by atoms with Gasteiger partial charge in [-0.05, 0) is 18.2 Å². The molecule has 0 aromatic carbocycles. The minimum atomic E-state index is 0.733. The molecule has 1 aliphatic rings. The van der Waals surface area contributed by atoms with Gasteiger partial charge in [0.2, 0.25) is 0 Å². The largest absolute Gasteiger partial charge is 0.265 e. The molecule has 72 valence electrons. The lowest BCUT2D eigenvalue weighted by molar-refractivity contribution is 0.844. The van der Waals surface area contributed by atoms with E-state index in [1.807, 2.05) is 24.4 Å². The molecule has 3 rings (SSSR count). The molecule has 0 N–H and O–H groups in total. The topological polar surface area (TPSA) is 55.4 Å². The van der Waals surface area contributed by atoms with E-state index in [1.165, 1.54) is 0 Å². The van der Waals surface area contributed by atoms with Gasteiger partial charge < -0.3 is 0 Å². The van der Waals surface area contributed by atoms with Crippen molar-refractivity contribution in [3.8, 4) is 0 Å². The predicted octanol–water partition coefficient (Wildman–Crippen LogP) is 1.19. The molecule has 0 spiro atoms. The van der Waals surface area contributed by atoms with E-state index < -0.39 is 0 Å². The van der Waals surface area contributed by atoms with Crippen LogP contribution in [0.2, 0.25) is 0 Å². The Morgan fingerprint density at radius 3 is 3.20 bits per heavy atom. The number of aliphatic imine (C=N–C) groups is 1. The SMILES string of the molecule is C1=C/c2cn3nncc3nc2\C=C/N=C\1.